The average molecular weight is 378 g/mol. The summed E-state index contributed by atoms with van der Waals surface area (Å²) in [5, 5.41) is 11.5. The van der Waals surface area contributed by atoms with Crippen LogP contribution in [0.2, 0.25) is 0 Å². The Hall–Kier alpha value is -3.51. The number of hydrogen-bond donors (Lipinski definition) is 3. The second kappa shape index (κ2) is 8.92. The lowest BCUT2D eigenvalue weighted by atomic mass is 10.0. The predicted octanol–water partition coefficient (Wildman–Crippen LogP) is 3.58. The van der Waals surface area contributed by atoms with Crippen molar-refractivity contribution >= 4 is 11.8 Å². The Balaban J connectivity index is 1.64. The van der Waals surface area contributed by atoms with E-state index in [1.807, 2.05) is 6.07 Å². The third-order valence-corrected chi connectivity index (χ3v) is 4.32. The quantitative estimate of drug-likeness (QED) is 0.453. The van der Waals surface area contributed by atoms with Gasteiger partial charge in [-0.05, 0) is 59.5 Å². The molecule has 3 N–H and O–H groups in total. The zero-order valence-corrected chi connectivity index (χ0v) is 15.0. The number of hydrogen-bond acceptors (Lipinski definition) is 3. The SMILES string of the molecule is O=C(NO)c1ccc(-c2cccc(C(=O)NCCc3ccc(F)cc3)c2)cc1. The highest BCUT2D eigenvalue weighted by Gasteiger charge is 2.08. The minimum Gasteiger partial charge on any atom is -0.352 e. The van der Waals surface area contributed by atoms with Crippen molar-refractivity contribution in [2.24, 2.45) is 0 Å². The monoisotopic (exact) mass is 378 g/mol. The molecule has 3 aromatic rings. The van der Waals surface area contributed by atoms with Gasteiger partial charge in [0, 0.05) is 17.7 Å². The summed E-state index contributed by atoms with van der Waals surface area (Å²) in [6.07, 6.45) is 0.611. The first-order chi connectivity index (χ1) is 13.6. The number of amides is 2. The van der Waals surface area contributed by atoms with Crippen molar-refractivity contribution < 1.29 is 19.2 Å². The van der Waals surface area contributed by atoms with Gasteiger partial charge in [0.15, 0.2) is 0 Å². The van der Waals surface area contributed by atoms with Crippen LogP contribution in [0.15, 0.2) is 72.8 Å². The third kappa shape index (κ3) is 4.81. The molecule has 0 bridgehead atoms. The molecule has 0 fully saturated rings. The molecular formula is C22H19FN2O3. The Morgan fingerprint density at radius 1 is 0.821 bits per heavy atom. The summed E-state index contributed by atoms with van der Waals surface area (Å²) in [4.78, 5) is 23.8. The van der Waals surface area contributed by atoms with Crippen LogP contribution in [0.5, 0.6) is 0 Å². The second-order valence-electron chi connectivity index (χ2n) is 6.23. The van der Waals surface area contributed by atoms with E-state index in [2.05, 4.69) is 5.32 Å². The number of nitrogens with one attached hydrogen (secondary N) is 2. The summed E-state index contributed by atoms with van der Waals surface area (Å²) in [6.45, 7) is 0.444. The summed E-state index contributed by atoms with van der Waals surface area (Å²) in [6, 6.07) is 20.0. The highest BCUT2D eigenvalue weighted by Crippen LogP contribution is 2.21. The summed E-state index contributed by atoms with van der Waals surface area (Å²) in [7, 11) is 0. The van der Waals surface area contributed by atoms with Gasteiger partial charge in [-0.2, -0.15) is 0 Å². The number of rotatable bonds is 6. The van der Waals surface area contributed by atoms with Crippen LogP contribution in [-0.2, 0) is 6.42 Å². The van der Waals surface area contributed by atoms with E-state index < -0.39 is 5.91 Å². The minimum absolute atomic E-state index is 0.194. The molecule has 3 aromatic carbocycles. The number of carbonyl (C=O) groups is 2. The Morgan fingerprint density at radius 2 is 1.54 bits per heavy atom. The van der Waals surface area contributed by atoms with E-state index >= 15 is 0 Å². The van der Waals surface area contributed by atoms with Gasteiger partial charge in [-0.3, -0.25) is 14.8 Å². The first-order valence-electron chi connectivity index (χ1n) is 8.74. The Kier molecular flexibility index (Phi) is 6.14. The summed E-state index contributed by atoms with van der Waals surface area (Å²) >= 11 is 0. The molecule has 142 valence electrons. The molecular weight excluding hydrogens is 359 g/mol. The van der Waals surface area contributed by atoms with Crippen molar-refractivity contribution in [1.82, 2.24) is 10.8 Å². The first kappa shape index (κ1) is 19.3. The number of benzene rings is 3. The molecule has 2 amide bonds. The molecule has 6 heteroatoms. The molecule has 0 heterocycles. The van der Waals surface area contributed by atoms with E-state index in [1.165, 1.54) is 12.1 Å². The van der Waals surface area contributed by atoms with Gasteiger partial charge < -0.3 is 5.32 Å². The van der Waals surface area contributed by atoms with Gasteiger partial charge in [-0.25, -0.2) is 9.87 Å². The molecule has 0 aliphatic carbocycles. The van der Waals surface area contributed by atoms with Crippen LogP contribution in [0.25, 0.3) is 11.1 Å². The number of halogens is 1. The van der Waals surface area contributed by atoms with Gasteiger partial charge in [0.05, 0.1) is 0 Å². The molecule has 5 nitrogen and oxygen atoms in total. The van der Waals surface area contributed by atoms with Crippen LogP contribution >= 0.6 is 0 Å². The minimum atomic E-state index is -0.583. The molecule has 28 heavy (non-hydrogen) atoms. The van der Waals surface area contributed by atoms with Gasteiger partial charge in [0.2, 0.25) is 0 Å². The molecule has 0 radical (unpaired) electrons. The number of hydroxylamine groups is 1. The van der Waals surface area contributed by atoms with E-state index in [-0.39, 0.29) is 11.7 Å². The van der Waals surface area contributed by atoms with Gasteiger partial charge in [-0.1, -0.05) is 36.4 Å². The molecule has 0 aliphatic heterocycles. The molecule has 0 unspecified atom stereocenters. The third-order valence-electron chi connectivity index (χ3n) is 4.32. The maximum Gasteiger partial charge on any atom is 0.274 e. The van der Waals surface area contributed by atoms with Crippen molar-refractivity contribution in [3.8, 4) is 11.1 Å². The van der Waals surface area contributed by atoms with Crippen LogP contribution in [0.1, 0.15) is 26.3 Å². The zero-order valence-electron chi connectivity index (χ0n) is 15.0. The fourth-order valence-corrected chi connectivity index (χ4v) is 2.79. The van der Waals surface area contributed by atoms with Crippen molar-refractivity contribution in [1.29, 1.82) is 0 Å². The van der Waals surface area contributed by atoms with Gasteiger partial charge in [0.1, 0.15) is 5.82 Å². The molecule has 0 saturated heterocycles. The van der Waals surface area contributed by atoms with Crippen molar-refractivity contribution in [2.75, 3.05) is 6.54 Å². The Labute approximate surface area is 161 Å². The standard InChI is InChI=1S/C22H19FN2O3/c23-20-10-4-15(5-11-20)12-13-24-21(26)19-3-1-2-18(14-19)16-6-8-17(9-7-16)22(27)25-28/h1-11,14,28H,12-13H2,(H,24,26)(H,25,27). The van der Waals surface area contributed by atoms with Crippen LogP contribution in [0.3, 0.4) is 0 Å². The van der Waals surface area contributed by atoms with E-state index in [1.54, 1.807) is 60.1 Å². The van der Waals surface area contributed by atoms with Crippen LogP contribution in [0.4, 0.5) is 4.39 Å². The zero-order chi connectivity index (χ0) is 19.9. The van der Waals surface area contributed by atoms with Crippen LogP contribution in [0, 0.1) is 5.82 Å². The molecule has 3 rings (SSSR count). The molecule has 0 atom stereocenters. The van der Waals surface area contributed by atoms with Gasteiger partial charge >= 0.3 is 0 Å². The molecule has 0 aromatic heterocycles. The van der Waals surface area contributed by atoms with Crippen molar-refractivity contribution in [2.45, 2.75) is 6.42 Å². The smallest absolute Gasteiger partial charge is 0.274 e. The Morgan fingerprint density at radius 3 is 2.21 bits per heavy atom. The lowest BCUT2D eigenvalue weighted by Crippen LogP contribution is -2.25. The maximum atomic E-state index is 12.9. The van der Waals surface area contributed by atoms with E-state index in [9.17, 15) is 14.0 Å². The normalized spacial score (nSPS) is 10.4. The van der Waals surface area contributed by atoms with E-state index in [4.69, 9.17) is 5.21 Å². The maximum absolute atomic E-state index is 12.9. The fourth-order valence-electron chi connectivity index (χ4n) is 2.79. The molecule has 0 saturated carbocycles. The van der Waals surface area contributed by atoms with E-state index in [0.717, 1.165) is 16.7 Å². The fraction of sp³-hybridized carbons (Fsp3) is 0.0909. The van der Waals surface area contributed by atoms with Crippen LogP contribution in [-0.4, -0.2) is 23.6 Å². The molecule has 0 aliphatic rings. The summed E-state index contributed by atoms with van der Waals surface area (Å²) in [5.41, 5.74) is 5.07. The van der Waals surface area contributed by atoms with E-state index in [0.29, 0.717) is 24.1 Å². The van der Waals surface area contributed by atoms with Crippen LogP contribution < -0.4 is 10.8 Å². The van der Waals surface area contributed by atoms with Gasteiger partial charge in [-0.15, -0.1) is 0 Å². The lowest BCUT2D eigenvalue weighted by Gasteiger charge is -2.08. The average Bonchev–Trinajstić information content (AvgIpc) is 2.74. The second-order valence-corrected chi connectivity index (χ2v) is 6.23. The van der Waals surface area contributed by atoms with Gasteiger partial charge in [0.25, 0.3) is 11.8 Å². The topological polar surface area (TPSA) is 78.4 Å². The van der Waals surface area contributed by atoms with Crippen molar-refractivity contribution in [3.05, 3.63) is 95.3 Å². The predicted molar refractivity (Wildman–Crippen MR) is 104 cm³/mol. The number of carbonyl (C=O) groups excluding carboxylic acids is 2. The highest BCUT2D eigenvalue weighted by atomic mass is 19.1. The largest absolute Gasteiger partial charge is 0.352 e. The Bertz CT molecular complexity index is 970. The van der Waals surface area contributed by atoms with Crippen molar-refractivity contribution in [3.63, 3.8) is 0 Å². The summed E-state index contributed by atoms with van der Waals surface area (Å²) < 4.78 is 12.9. The lowest BCUT2D eigenvalue weighted by molar-refractivity contribution is 0.0706. The summed E-state index contributed by atoms with van der Waals surface area (Å²) in [5.74, 6) is -1.06. The first-order valence-corrected chi connectivity index (χ1v) is 8.74. The highest BCUT2D eigenvalue weighted by molar-refractivity contribution is 5.96. The molecule has 0 spiro atoms.